The Hall–Kier alpha value is -2.59. The van der Waals surface area contributed by atoms with Crippen molar-refractivity contribution in [3.63, 3.8) is 0 Å². The molecule has 1 heterocycles. The van der Waals surface area contributed by atoms with E-state index < -0.39 is 0 Å². The zero-order chi connectivity index (χ0) is 19.2. The first-order chi connectivity index (χ1) is 13.1. The Morgan fingerprint density at radius 2 is 1.93 bits per heavy atom. The van der Waals surface area contributed by atoms with Gasteiger partial charge in [-0.3, -0.25) is 9.59 Å². The molecule has 0 bridgehead atoms. The van der Waals surface area contributed by atoms with Crippen molar-refractivity contribution in [1.82, 2.24) is 0 Å². The minimum Gasteiger partial charge on any atom is -0.466 e. The van der Waals surface area contributed by atoms with E-state index in [1.165, 1.54) is 0 Å². The number of Topliss-reactive ketones (excluding diaryl/α,β-unsaturated/α-hetero) is 1. The molecule has 0 spiro atoms. The van der Waals surface area contributed by atoms with Crippen molar-refractivity contribution in [3.05, 3.63) is 70.3 Å². The summed E-state index contributed by atoms with van der Waals surface area (Å²) in [7, 11) is 0. The molecule has 1 aliphatic heterocycles. The first kappa shape index (κ1) is 19.2. The van der Waals surface area contributed by atoms with Gasteiger partial charge in [-0.2, -0.15) is 0 Å². The number of halogens is 1. The number of benzene rings is 2. The summed E-state index contributed by atoms with van der Waals surface area (Å²) < 4.78 is 4.99. The van der Waals surface area contributed by atoms with Crippen LogP contribution >= 0.6 is 11.6 Å². The number of para-hydroxylation sites is 1. The molecule has 3 rings (SSSR count). The number of hydrogen-bond donors (Lipinski definition) is 0. The van der Waals surface area contributed by atoms with Crippen LogP contribution in [0.5, 0.6) is 0 Å². The third kappa shape index (κ3) is 4.77. The zero-order valence-corrected chi connectivity index (χ0v) is 16.0. The van der Waals surface area contributed by atoms with E-state index in [9.17, 15) is 9.59 Å². The molecule has 2 aromatic rings. The monoisotopic (exact) mass is 383 g/mol. The molecule has 4 nitrogen and oxygen atoms in total. The molecule has 0 amide bonds. The molecule has 0 saturated heterocycles. The van der Waals surface area contributed by atoms with Crippen LogP contribution < -0.4 is 4.90 Å². The van der Waals surface area contributed by atoms with E-state index in [0.717, 1.165) is 16.8 Å². The summed E-state index contributed by atoms with van der Waals surface area (Å²) in [6.45, 7) is 3.40. The number of ether oxygens (including phenoxy) is 1. The number of carbonyl (C=O) groups excluding carboxylic acids is 2. The zero-order valence-electron chi connectivity index (χ0n) is 15.3. The second kappa shape index (κ2) is 8.87. The van der Waals surface area contributed by atoms with Crippen molar-refractivity contribution >= 4 is 35.1 Å². The predicted octanol–water partition coefficient (Wildman–Crippen LogP) is 4.77. The lowest BCUT2D eigenvalue weighted by molar-refractivity contribution is -0.143. The molecule has 0 aromatic heterocycles. The van der Waals surface area contributed by atoms with Gasteiger partial charge in [0.1, 0.15) is 0 Å². The second-order valence-electron chi connectivity index (χ2n) is 6.40. The van der Waals surface area contributed by atoms with Gasteiger partial charge < -0.3 is 9.64 Å². The molecule has 0 atom stereocenters. The lowest BCUT2D eigenvalue weighted by Crippen LogP contribution is -2.35. The van der Waals surface area contributed by atoms with Crippen molar-refractivity contribution in [2.45, 2.75) is 19.8 Å². The van der Waals surface area contributed by atoms with Gasteiger partial charge in [-0.15, -0.1) is 0 Å². The Labute approximate surface area is 164 Å². The molecule has 0 fully saturated rings. The Morgan fingerprint density at radius 1 is 1.19 bits per heavy atom. The van der Waals surface area contributed by atoms with Gasteiger partial charge in [0.15, 0.2) is 5.78 Å². The van der Waals surface area contributed by atoms with E-state index in [4.69, 9.17) is 16.3 Å². The standard InChI is InChI=1S/C22H22ClNO3/c1-2-27-21(25)8-5-13-24-15-17(14-16-9-11-18(23)12-10-16)22(26)19-6-3-4-7-20(19)24/h3-4,6-7,9-12,14H,2,5,8,13,15H2,1H3/b17-14+. The largest absolute Gasteiger partial charge is 0.466 e. The van der Waals surface area contributed by atoms with E-state index in [1.807, 2.05) is 54.6 Å². The maximum atomic E-state index is 12.9. The predicted molar refractivity (Wildman–Crippen MR) is 108 cm³/mol. The van der Waals surface area contributed by atoms with Crippen LogP contribution in [0.2, 0.25) is 5.02 Å². The topological polar surface area (TPSA) is 46.6 Å². The summed E-state index contributed by atoms with van der Waals surface area (Å²) in [6, 6.07) is 15.0. The molecule has 5 heteroatoms. The number of fused-ring (bicyclic) bond motifs is 1. The number of esters is 1. The fourth-order valence-corrected chi connectivity index (χ4v) is 3.32. The Morgan fingerprint density at radius 3 is 2.67 bits per heavy atom. The average molecular weight is 384 g/mol. The fourth-order valence-electron chi connectivity index (χ4n) is 3.20. The maximum absolute atomic E-state index is 12.9. The highest BCUT2D eigenvalue weighted by atomic mass is 35.5. The van der Waals surface area contributed by atoms with Gasteiger partial charge in [-0.25, -0.2) is 0 Å². The first-order valence-corrected chi connectivity index (χ1v) is 9.46. The third-order valence-corrected chi connectivity index (χ3v) is 4.72. The average Bonchev–Trinajstić information content (AvgIpc) is 2.67. The number of anilines is 1. The van der Waals surface area contributed by atoms with E-state index in [-0.39, 0.29) is 11.8 Å². The summed E-state index contributed by atoms with van der Waals surface area (Å²) in [4.78, 5) is 26.7. The van der Waals surface area contributed by atoms with Gasteiger partial charge >= 0.3 is 5.97 Å². The molecule has 0 N–H and O–H groups in total. The van der Waals surface area contributed by atoms with Crippen LogP contribution in [0.1, 0.15) is 35.7 Å². The van der Waals surface area contributed by atoms with Crippen LogP contribution in [0.25, 0.3) is 6.08 Å². The van der Waals surface area contributed by atoms with E-state index in [0.29, 0.717) is 43.1 Å². The summed E-state index contributed by atoms with van der Waals surface area (Å²) in [6.07, 6.45) is 2.96. The minimum atomic E-state index is -0.184. The van der Waals surface area contributed by atoms with E-state index in [1.54, 1.807) is 6.92 Å². The van der Waals surface area contributed by atoms with Crippen LogP contribution in [0.3, 0.4) is 0 Å². The van der Waals surface area contributed by atoms with Crippen molar-refractivity contribution in [2.24, 2.45) is 0 Å². The lowest BCUT2D eigenvalue weighted by Gasteiger charge is -2.32. The van der Waals surface area contributed by atoms with Gasteiger partial charge in [0.25, 0.3) is 0 Å². The normalized spacial score (nSPS) is 15.0. The lowest BCUT2D eigenvalue weighted by atomic mass is 9.94. The van der Waals surface area contributed by atoms with Gasteiger partial charge in [-0.05, 0) is 49.2 Å². The molecule has 0 unspecified atom stereocenters. The highest BCUT2D eigenvalue weighted by Crippen LogP contribution is 2.30. The fraction of sp³-hybridized carbons (Fsp3) is 0.273. The molecule has 0 radical (unpaired) electrons. The smallest absolute Gasteiger partial charge is 0.305 e. The minimum absolute atomic E-state index is 0.0437. The molecule has 140 valence electrons. The Kier molecular flexibility index (Phi) is 6.30. The number of hydrogen-bond acceptors (Lipinski definition) is 4. The quantitative estimate of drug-likeness (QED) is 0.532. The highest BCUT2D eigenvalue weighted by Gasteiger charge is 2.26. The summed E-state index contributed by atoms with van der Waals surface area (Å²) in [5.41, 5.74) is 3.28. The number of carbonyl (C=O) groups is 2. The van der Waals surface area contributed by atoms with Crippen molar-refractivity contribution in [2.75, 3.05) is 24.6 Å². The summed E-state index contributed by atoms with van der Waals surface area (Å²) in [5.74, 6) is -0.141. The highest BCUT2D eigenvalue weighted by molar-refractivity contribution is 6.30. The van der Waals surface area contributed by atoms with Crippen LogP contribution in [0, 0.1) is 0 Å². The van der Waals surface area contributed by atoms with E-state index >= 15 is 0 Å². The second-order valence-corrected chi connectivity index (χ2v) is 6.83. The molecule has 0 aliphatic carbocycles. The van der Waals surface area contributed by atoms with Gasteiger partial charge in [0.05, 0.1) is 6.61 Å². The summed E-state index contributed by atoms with van der Waals surface area (Å²) in [5, 5.41) is 0.665. The van der Waals surface area contributed by atoms with Crippen LogP contribution in [-0.4, -0.2) is 31.4 Å². The summed E-state index contributed by atoms with van der Waals surface area (Å²) >= 11 is 5.94. The first-order valence-electron chi connectivity index (χ1n) is 9.09. The molecule has 0 saturated carbocycles. The van der Waals surface area contributed by atoms with E-state index in [2.05, 4.69) is 4.90 Å². The maximum Gasteiger partial charge on any atom is 0.305 e. The Bertz CT molecular complexity index is 858. The Balaban J connectivity index is 1.81. The van der Waals surface area contributed by atoms with Crippen LogP contribution in [0.15, 0.2) is 54.1 Å². The molecule has 1 aliphatic rings. The SMILES string of the molecule is CCOC(=O)CCCN1C/C(=C\c2ccc(Cl)cc2)C(=O)c2ccccc21. The van der Waals surface area contributed by atoms with Gasteiger partial charge in [0.2, 0.25) is 0 Å². The van der Waals surface area contributed by atoms with Gasteiger partial charge in [0, 0.05) is 41.4 Å². The van der Waals surface area contributed by atoms with Crippen molar-refractivity contribution < 1.29 is 14.3 Å². The number of nitrogens with zero attached hydrogens (tertiary/aromatic N) is 1. The van der Waals surface area contributed by atoms with Crippen LogP contribution in [0.4, 0.5) is 5.69 Å². The molecular weight excluding hydrogens is 362 g/mol. The van der Waals surface area contributed by atoms with Gasteiger partial charge in [-0.1, -0.05) is 35.9 Å². The molecule has 2 aromatic carbocycles. The molecular formula is C22H22ClNO3. The van der Waals surface area contributed by atoms with Crippen molar-refractivity contribution in [1.29, 1.82) is 0 Å². The number of ketones is 1. The number of rotatable bonds is 6. The van der Waals surface area contributed by atoms with Crippen molar-refractivity contribution in [3.8, 4) is 0 Å². The molecule has 27 heavy (non-hydrogen) atoms. The third-order valence-electron chi connectivity index (χ3n) is 4.47. The van der Waals surface area contributed by atoms with Crippen LogP contribution in [-0.2, 0) is 9.53 Å².